The quantitative estimate of drug-likeness (QED) is 0.668. The molecule has 1 atom stereocenters. The molecule has 0 aliphatic rings. The Labute approximate surface area is 111 Å². The van der Waals surface area contributed by atoms with Gasteiger partial charge >= 0.3 is 0 Å². The molecule has 1 aromatic rings. The van der Waals surface area contributed by atoms with Crippen LogP contribution in [-0.4, -0.2) is 26.4 Å². The summed E-state index contributed by atoms with van der Waals surface area (Å²) in [5.74, 6) is 3.94. The van der Waals surface area contributed by atoms with Crippen molar-refractivity contribution in [3.8, 4) is 17.2 Å². The lowest BCUT2D eigenvalue weighted by molar-refractivity contribution is 0.180. The second-order valence-corrected chi connectivity index (χ2v) is 10.2. The predicted molar refractivity (Wildman–Crippen MR) is 78.4 cm³/mol. The monoisotopic (exact) mass is 262 g/mol. The van der Waals surface area contributed by atoms with Crippen LogP contribution in [0.3, 0.4) is 0 Å². The van der Waals surface area contributed by atoms with Gasteiger partial charge in [0.05, 0.1) is 13.2 Å². The van der Waals surface area contributed by atoms with Crippen LogP contribution in [0.1, 0.15) is 12.0 Å². The van der Waals surface area contributed by atoms with Crippen LogP contribution in [0.2, 0.25) is 19.6 Å². The van der Waals surface area contributed by atoms with E-state index in [1.807, 2.05) is 24.3 Å². The minimum absolute atomic E-state index is 0.387. The largest absolute Gasteiger partial charge is 0.497 e. The van der Waals surface area contributed by atoms with Crippen molar-refractivity contribution in [1.82, 2.24) is 0 Å². The first kappa shape index (κ1) is 14.8. The van der Waals surface area contributed by atoms with E-state index in [-0.39, 0.29) is 6.10 Å². The maximum Gasteiger partial charge on any atom is 0.129 e. The third-order valence-corrected chi connectivity index (χ3v) is 3.36. The molecule has 1 unspecified atom stereocenters. The molecule has 18 heavy (non-hydrogen) atoms. The maximum absolute atomic E-state index is 9.91. The van der Waals surface area contributed by atoms with Crippen LogP contribution in [0, 0.1) is 11.5 Å². The van der Waals surface area contributed by atoms with E-state index < -0.39 is 8.07 Å². The Kier molecular flexibility index (Phi) is 5.45. The summed E-state index contributed by atoms with van der Waals surface area (Å²) in [6.07, 6.45) is 0.808. The van der Waals surface area contributed by atoms with Crippen LogP contribution in [0.15, 0.2) is 24.3 Å². The Morgan fingerprint density at radius 3 is 2.33 bits per heavy atom. The molecule has 0 aliphatic heterocycles. The first-order valence-electron chi connectivity index (χ1n) is 6.22. The topological polar surface area (TPSA) is 29.5 Å². The molecule has 0 amide bonds. The SMILES string of the molecule is COc1ccc(CC(O)CC#C[Si](C)(C)C)cc1. The van der Waals surface area contributed by atoms with Gasteiger partial charge in [0.2, 0.25) is 0 Å². The fourth-order valence-electron chi connectivity index (χ4n) is 1.54. The Morgan fingerprint density at radius 2 is 1.83 bits per heavy atom. The van der Waals surface area contributed by atoms with E-state index in [1.54, 1.807) is 7.11 Å². The van der Waals surface area contributed by atoms with Gasteiger partial charge in [-0.3, -0.25) is 0 Å². The van der Waals surface area contributed by atoms with Crippen LogP contribution in [0.4, 0.5) is 0 Å². The van der Waals surface area contributed by atoms with E-state index in [2.05, 4.69) is 31.1 Å². The van der Waals surface area contributed by atoms with Crippen LogP contribution in [0.25, 0.3) is 0 Å². The number of aliphatic hydroxyl groups excluding tert-OH is 1. The third kappa shape index (κ3) is 5.90. The van der Waals surface area contributed by atoms with E-state index in [0.29, 0.717) is 12.8 Å². The molecule has 3 heteroatoms. The Bertz CT molecular complexity index is 421. The average Bonchev–Trinajstić information content (AvgIpc) is 2.28. The molecule has 0 bridgehead atoms. The summed E-state index contributed by atoms with van der Waals surface area (Å²) in [5, 5.41) is 9.91. The van der Waals surface area contributed by atoms with Gasteiger partial charge in [-0.15, -0.1) is 11.5 Å². The summed E-state index contributed by atoms with van der Waals surface area (Å²) in [7, 11) is 0.331. The molecule has 0 radical (unpaired) electrons. The lowest BCUT2D eigenvalue weighted by Crippen LogP contribution is -2.17. The van der Waals surface area contributed by atoms with E-state index in [1.165, 1.54) is 0 Å². The fraction of sp³-hybridized carbons (Fsp3) is 0.467. The van der Waals surface area contributed by atoms with Crippen molar-refractivity contribution in [1.29, 1.82) is 0 Å². The Hall–Kier alpha value is -1.24. The van der Waals surface area contributed by atoms with E-state index in [9.17, 15) is 5.11 Å². The van der Waals surface area contributed by atoms with Gasteiger partial charge in [-0.25, -0.2) is 0 Å². The number of methoxy groups -OCH3 is 1. The highest BCUT2D eigenvalue weighted by Gasteiger charge is 2.08. The minimum atomic E-state index is -1.32. The molecule has 0 saturated carbocycles. The number of benzene rings is 1. The summed E-state index contributed by atoms with van der Waals surface area (Å²) in [6, 6.07) is 7.79. The van der Waals surface area contributed by atoms with Crippen molar-refractivity contribution in [2.75, 3.05) is 7.11 Å². The van der Waals surface area contributed by atoms with Crippen molar-refractivity contribution >= 4 is 8.07 Å². The number of hydrogen-bond donors (Lipinski definition) is 1. The zero-order valence-electron chi connectivity index (χ0n) is 11.7. The summed E-state index contributed by atoms with van der Waals surface area (Å²) < 4.78 is 5.10. The molecule has 2 nitrogen and oxygen atoms in total. The summed E-state index contributed by atoms with van der Waals surface area (Å²) in [5.41, 5.74) is 4.38. The highest BCUT2D eigenvalue weighted by molar-refractivity contribution is 6.83. The molecule has 0 heterocycles. The predicted octanol–water partition coefficient (Wildman–Crippen LogP) is 2.87. The van der Waals surface area contributed by atoms with Crippen molar-refractivity contribution in [3.05, 3.63) is 29.8 Å². The second-order valence-electron chi connectivity index (χ2n) is 5.46. The van der Waals surface area contributed by atoms with Crippen molar-refractivity contribution in [3.63, 3.8) is 0 Å². The third-order valence-electron chi connectivity index (χ3n) is 2.43. The van der Waals surface area contributed by atoms with Crippen molar-refractivity contribution in [2.45, 2.75) is 38.6 Å². The van der Waals surface area contributed by atoms with Crippen LogP contribution in [0.5, 0.6) is 5.75 Å². The molecule has 0 fully saturated rings. The van der Waals surface area contributed by atoms with Crippen molar-refractivity contribution in [2.24, 2.45) is 0 Å². The maximum atomic E-state index is 9.91. The van der Waals surface area contributed by atoms with E-state index >= 15 is 0 Å². The summed E-state index contributed by atoms with van der Waals surface area (Å²) >= 11 is 0. The average molecular weight is 262 g/mol. The lowest BCUT2D eigenvalue weighted by atomic mass is 10.1. The zero-order chi connectivity index (χ0) is 13.6. The van der Waals surface area contributed by atoms with Crippen molar-refractivity contribution < 1.29 is 9.84 Å². The molecule has 0 spiro atoms. The standard InChI is InChI=1S/C15H22O2Si/c1-17-15-9-7-13(8-10-15)12-14(16)6-5-11-18(2,3)4/h7-10,14,16H,6,12H2,1-4H3. The molecule has 1 rings (SSSR count). The van der Waals surface area contributed by atoms with Gasteiger partial charge in [-0.2, -0.15) is 0 Å². The molecule has 0 saturated heterocycles. The first-order chi connectivity index (χ1) is 8.40. The van der Waals surface area contributed by atoms with Gasteiger partial charge in [-0.1, -0.05) is 31.8 Å². The molecule has 1 aromatic carbocycles. The normalized spacial score (nSPS) is 12.5. The molecule has 0 aliphatic carbocycles. The number of aliphatic hydroxyl groups is 1. The molecule has 1 N–H and O–H groups in total. The molecule has 98 valence electrons. The molecular formula is C15H22O2Si. The summed E-state index contributed by atoms with van der Waals surface area (Å²) in [6.45, 7) is 6.61. The highest BCUT2D eigenvalue weighted by Crippen LogP contribution is 2.13. The van der Waals surface area contributed by atoms with Gasteiger partial charge in [0, 0.05) is 6.42 Å². The number of rotatable bonds is 4. The Morgan fingerprint density at radius 1 is 1.22 bits per heavy atom. The van der Waals surface area contributed by atoms with Gasteiger partial charge in [0.1, 0.15) is 13.8 Å². The second kappa shape index (κ2) is 6.63. The van der Waals surface area contributed by atoms with Crippen LogP contribution < -0.4 is 4.74 Å². The van der Waals surface area contributed by atoms with Gasteiger partial charge in [0.15, 0.2) is 0 Å². The van der Waals surface area contributed by atoms with E-state index in [0.717, 1.165) is 11.3 Å². The van der Waals surface area contributed by atoms with Crippen LogP contribution in [-0.2, 0) is 6.42 Å². The van der Waals surface area contributed by atoms with Gasteiger partial charge in [-0.05, 0) is 24.1 Å². The minimum Gasteiger partial charge on any atom is -0.497 e. The molecular weight excluding hydrogens is 240 g/mol. The highest BCUT2D eigenvalue weighted by atomic mass is 28.3. The zero-order valence-corrected chi connectivity index (χ0v) is 12.7. The lowest BCUT2D eigenvalue weighted by Gasteiger charge is -2.08. The Balaban J connectivity index is 2.48. The number of ether oxygens (including phenoxy) is 1. The van der Waals surface area contributed by atoms with Gasteiger partial charge in [0.25, 0.3) is 0 Å². The smallest absolute Gasteiger partial charge is 0.129 e. The fourth-order valence-corrected chi connectivity index (χ4v) is 2.17. The van der Waals surface area contributed by atoms with Crippen LogP contribution >= 0.6 is 0 Å². The number of hydrogen-bond acceptors (Lipinski definition) is 2. The summed E-state index contributed by atoms with van der Waals surface area (Å²) in [4.78, 5) is 0. The first-order valence-corrected chi connectivity index (χ1v) is 9.72. The van der Waals surface area contributed by atoms with E-state index in [4.69, 9.17) is 4.74 Å². The molecule has 0 aromatic heterocycles. The van der Waals surface area contributed by atoms with Gasteiger partial charge < -0.3 is 9.84 Å².